The Morgan fingerprint density at radius 3 is 2.46 bits per heavy atom. The lowest BCUT2D eigenvalue weighted by molar-refractivity contribution is 0.102. The molecule has 2 aromatic rings. The lowest BCUT2D eigenvalue weighted by Crippen LogP contribution is -2.21. The molecule has 6 heteroatoms. The summed E-state index contributed by atoms with van der Waals surface area (Å²) in [5.41, 5.74) is 9.89. The van der Waals surface area contributed by atoms with Crippen LogP contribution < -0.4 is 16.0 Å². The zero-order valence-corrected chi connectivity index (χ0v) is 15.3. The number of anilines is 3. The number of nitrogens with two attached hydrogens (primary N) is 1. The van der Waals surface area contributed by atoms with Gasteiger partial charge in [0.25, 0.3) is 5.91 Å². The van der Waals surface area contributed by atoms with Gasteiger partial charge in [0, 0.05) is 24.3 Å². The van der Waals surface area contributed by atoms with Crippen molar-refractivity contribution in [1.29, 1.82) is 0 Å². The highest BCUT2D eigenvalue weighted by Gasteiger charge is 2.17. The number of halogens is 2. The second kappa shape index (κ2) is 8.81. The molecular formula is C18H23Cl2N3O. The average Bonchev–Trinajstić information content (AvgIpc) is 3.04. The molecule has 1 fully saturated rings. The summed E-state index contributed by atoms with van der Waals surface area (Å²) in [5, 5.41) is 3.04. The molecule has 4 nitrogen and oxygen atoms in total. The number of hydrogen-bond acceptors (Lipinski definition) is 3. The van der Waals surface area contributed by atoms with E-state index in [0.29, 0.717) is 11.3 Å². The van der Waals surface area contributed by atoms with E-state index in [0.717, 1.165) is 30.0 Å². The van der Waals surface area contributed by atoms with Gasteiger partial charge in [0.1, 0.15) is 0 Å². The molecule has 0 aliphatic carbocycles. The maximum absolute atomic E-state index is 12.6. The highest BCUT2D eigenvalue weighted by Crippen LogP contribution is 2.29. The molecule has 1 aliphatic rings. The lowest BCUT2D eigenvalue weighted by Gasteiger charge is -2.21. The maximum Gasteiger partial charge on any atom is 0.256 e. The summed E-state index contributed by atoms with van der Waals surface area (Å²) in [6.07, 6.45) is 2.41. The first-order valence-electron chi connectivity index (χ1n) is 7.66. The Morgan fingerprint density at radius 1 is 1.08 bits per heavy atom. The number of aryl methyl sites for hydroxylation is 1. The van der Waals surface area contributed by atoms with E-state index in [1.165, 1.54) is 12.8 Å². The Kier molecular flexibility index (Phi) is 7.39. The number of carbonyl (C=O) groups excluding carboxylic acids is 1. The summed E-state index contributed by atoms with van der Waals surface area (Å²) < 4.78 is 0. The van der Waals surface area contributed by atoms with Gasteiger partial charge >= 0.3 is 0 Å². The zero-order chi connectivity index (χ0) is 15.5. The van der Waals surface area contributed by atoms with Crippen LogP contribution in [0.2, 0.25) is 0 Å². The van der Waals surface area contributed by atoms with Crippen molar-refractivity contribution in [3.05, 3.63) is 53.6 Å². The quantitative estimate of drug-likeness (QED) is 0.796. The molecule has 130 valence electrons. The van der Waals surface area contributed by atoms with Crippen molar-refractivity contribution in [2.75, 3.05) is 29.0 Å². The summed E-state index contributed by atoms with van der Waals surface area (Å²) in [5.74, 6) is -0.114. The summed E-state index contributed by atoms with van der Waals surface area (Å²) in [7, 11) is 0. The maximum atomic E-state index is 12.6. The van der Waals surface area contributed by atoms with Crippen LogP contribution in [0.1, 0.15) is 28.8 Å². The van der Waals surface area contributed by atoms with Crippen LogP contribution in [0.25, 0.3) is 0 Å². The molecule has 0 atom stereocenters. The molecule has 3 N–H and O–H groups in total. The Bertz CT molecular complexity index is 700. The van der Waals surface area contributed by atoms with E-state index in [1.807, 2.05) is 37.3 Å². The standard InChI is InChI=1S/C18H21N3O.2ClH/c1-13-8-9-14(19)12-15(13)18(22)20-16-6-2-3-7-17(16)21-10-4-5-11-21;;/h2-3,6-9,12H,4-5,10-11,19H2,1H3,(H,20,22);2*1H. The molecule has 1 heterocycles. The summed E-state index contributed by atoms with van der Waals surface area (Å²) >= 11 is 0. The number of nitrogens with one attached hydrogen (secondary N) is 1. The van der Waals surface area contributed by atoms with Gasteiger partial charge in [-0.05, 0) is 49.6 Å². The Balaban J connectivity index is 0.00000144. The number of hydrogen-bond donors (Lipinski definition) is 2. The van der Waals surface area contributed by atoms with E-state index < -0.39 is 0 Å². The monoisotopic (exact) mass is 367 g/mol. The van der Waals surface area contributed by atoms with Crippen molar-refractivity contribution in [1.82, 2.24) is 0 Å². The predicted octanol–water partition coefficient (Wildman–Crippen LogP) is 4.27. The molecule has 1 amide bonds. The predicted molar refractivity (Wildman–Crippen MR) is 106 cm³/mol. The molecule has 0 unspecified atom stereocenters. The Hall–Kier alpha value is -1.91. The van der Waals surface area contributed by atoms with Gasteiger partial charge < -0.3 is 16.0 Å². The van der Waals surface area contributed by atoms with Crippen LogP contribution in [0, 0.1) is 6.92 Å². The largest absolute Gasteiger partial charge is 0.399 e. The Morgan fingerprint density at radius 2 is 1.75 bits per heavy atom. The molecule has 1 saturated heterocycles. The SMILES string of the molecule is Cc1ccc(N)cc1C(=O)Nc1ccccc1N1CCCC1.Cl.Cl. The first-order chi connectivity index (χ1) is 10.6. The number of nitrogen functional groups attached to an aromatic ring is 1. The van der Waals surface area contributed by atoms with Crippen LogP contribution in [0.15, 0.2) is 42.5 Å². The number of carbonyl (C=O) groups is 1. The van der Waals surface area contributed by atoms with Crippen LogP contribution >= 0.6 is 24.8 Å². The fourth-order valence-electron chi connectivity index (χ4n) is 2.89. The van der Waals surface area contributed by atoms with E-state index >= 15 is 0 Å². The second-order valence-corrected chi connectivity index (χ2v) is 5.74. The first kappa shape index (κ1) is 20.1. The molecular weight excluding hydrogens is 345 g/mol. The zero-order valence-electron chi connectivity index (χ0n) is 13.6. The lowest BCUT2D eigenvalue weighted by atomic mass is 10.1. The van der Waals surface area contributed by atoms with E-state index in [2.05, 4.69) is 16.3 Å². The Labute approximate surface area is 155 Å². The number of amides is 1. The van der Waals surface area contributed by atoms with Crippen molar-refractivity contribution in [2.24, 2.45) is 0 Å². The van der Waals surface area contributed by atoms with Gasteiger partial charge in [-0.2, -0.15) is 0 Å². The van der Waals surface area contributed by atoms with Crippen LogP contribution in [0.3, 0.4) is 0 Å². The highest BCUT2D eigenvalue weighted by molar-refractivity contribution is 6.07. The molecule has 0 aromatic heterocycles. The van der Waals surface area contributed by atoms with Crippen LogP contribution in [-0.4, -0.2) is 19.0 Å². The molecule has 2 aromatic carbocycles. The normalized spacial score (nSPS) is 13.0. The molecule has 1 aliphatic heterocycles. The fraction of sp³-hybridized carbons (Fsp3) is 0.278. The fourth-order valence-corrected chi connectivity index (χ4v) is 2.89. The van der Waals surface area contributed by atoms with E-state index in [1.54, 1.807) is 6.07 Å². The summed E-state index contributed by atoms with van der Waals surface area (Å²) in [6.45, 7) is 4.01. The van der Waals surface area contributed by atoms with Gasteiger partial charge in [-0.3, -0.25) is 4.79 Å². The topological polar surface area (TPSA) is 58.4 Å². The van der Waals surface area contributed by atoms with Gasteiger partial charge in [0.05, 0.1) is 11.4 Å². The van der Waals surface area contributed by atoms with Crippen molar-refractivity contribution in [3.63, 3.8) is 0 Å². The number of para-hydroxylation sites is 2. The van der Waals surface area contributed by atoms with Gasteiger partial charge in [-0.15, -0.1) is 24.8 Å². The molecule has 3 rings (SSSR count). The van der Waals surface area contributed by atoms with Crippen LogP contribution in [0.5, 0.6) is 0 Å². The van der Waals surface area contributed by atoms with Crippen molar-refractivity contribution < 1.29 is 4.79 Å². The van der Waals surface area contributed by atoms with E-state index in [-0.39, 0.29) is 30.7 Å². The van der Waals surface area contributed by atoms with Gasteiger partial charge in [0.15, 0.2) is 0 Å². The molecule has 24 heavy (non-hydrogen) atoms. The van der Waals surface area contributed by atoms with Crippen molar-refractivity contribution in [3.8, 4) is 0 Å². The third kappa shape index (κ3) is 4.34. The van der Waals surface area contributed by atoms with Crippen molar-refractivity contribution in [2.45, 2.75) is 19.8 Å². The van der Waals surface area contributed by atoms with E-state index in [4.69, 9.17) is 5.73 Å². The summed E-state index contributed by atoms with van der Waals surface area (Å²) in [6, 6.07) is 13.4. The van der Waals surface area contributed by atoms with Crippen molar-refractivity contribution >= 4 is 47.8 Å². The van der Waals surface area contributed by atoms with Gasteiger partial charge in [-0.25, -0.2) is 0 Å². The van der Waals surface area contributed by atoms with Gasteiger partial charge in [0.2, 0.25) is 0 Å². The average molecular weight is 368 g/mol. The minimum Gasteiger partial charge on any atom is -0.399 e. The molecule has 0 bridgehead atoms. The third-order valence-electron chi connectivity index (χ3n) is 4.11. The molecule has 0 saturated carbocycles. The minimum atomic E-state index is -0.114. The van der Waals surface area contributed by atoms with Crippen LogP contribution in [0.4, 0.5) is 17.1 Å². The molecule has 0 spiro atoms. The minimum absolute atomic E-state index is 0. The summed E-state index contributed by atoms with van der Waals surface area (Å²) in [4.78, 5) is 14.9. The third-order valence-corrected chi connectivity index (χ3v) is 4.11. The smallest absolute Gasteiger partial charge is 0.256 e. The first-order valence-corrected chi connectivity index (χ1v) is 7.66. The number of benzene rings is 2. The van der Waals surface area contributed by atoms with E-state index in [9.17, 15) is 4.79 Å². The van der Waals surface area contributed by atoms with Gasteiger partial charge in [-0.1, -0.05) is 18.2 Å². The second-order valence-electron chi connectivity index (χ2n) is 5.74. The molecule has 0 radical (unpaired) electrons. The van der Waals surface area contributed by atoms with Crippen LogP contribution in [-0.2, 0) is 0 Å². The number of nitrogens with zero attached hydrogens (tertiary/aromatic N) is 1. The number of rotatable bonds is 3. The highest BCUT2D eigenvalue weighted by atomic mass is 35.5.